The highest BCUT2D eigenvalue weighted by atomic mass is 16.5. The van der Waals surface area contributed by atoms with Gasteiger partial charge in [0.25, 0.3) is 0 Å². The summed E-state index contributed by atoms with van der Waals surface area (Å²) in [5, 5.41) is 11.6. The molecule has 0 bridgehead atoms. The maximum absolute atomic E-state index is 8.70. The fraction of sp³-hybridized carbons (Fsp3) is 0.417. The molecule has 0 aliphatic carbocycles. The second-order valence-corrected chi connectivity index (χ2v) is 3.42. The van der Waals surface area contributed by atoms with Crippen LogP contribution in [0, 0.1) is 18.3 Å². The van der Waals surface area contributed by atoms with E-state index in [0.717, 1.165) is 5.75 Å². The molecule has 80 valence electrons. The molecule has 15 heavy (non-hydrogen) atoms. The van der Waals surface area contributed by atoms with Gasteiger partial charge in [0.2, 0.25) is 0 Å². The molecule has 0 saturated heterocycles. The summed E-state index contributed by atoms with van der Waals surface area (Å²) in [6, 6.07) is 9.93. The summed E-state index contributed by atoms with van der Waals surface area (Å²) in [7, 11) is 1.78. The van der Waals surface area contributed by atoms with E-state index in [1.807, 2.05) is 31.2 Å². The maximum atomic E-state index is 8.70. The Kier molecular flexibility index (Phi) is 4.65. The van der Waals surface area contributed by atoms with Crippen LogP contribution in [0.4, 0.5) is 0 Å². The molecule has 1 aromatic carbocycles. The predicted molar refractivity (Wildman–Crippen MR) is 59.8 cm³/mol. The van der Waals surface area contributed by atoms with Crippen LogP contribution in [-0.2, 0) is 0 Å². The summed E-state index contributed by atoms with van der Waals surface area (Å²) in [6.45, 7) is 2.58. The summed E-state index contributed by atoms with van der Waals surface area (Å²) in [6.07, 6.45) is 0.695. The standard InChI is InChI=1S/C12H16N2O/c1-10-4-3-5-12(8-10)15-7-6-11(9-13)14-2/h3-5,8,11,14H,6-7H2,1-2H3. The minimum absolute atomic E-state index is 0.130. The van der Waals surface area contributed by atoms with Crippen molar-refractivity contribution in [1.82, 2.24) is 5.32 Å². The normalized spacial score (nSPS) is 11.8. The van der Waals surface area contributed by atoms with Gasteiger partial charge in [0, 0.05) is 6.42 Å². The van der Waals surface area contributed by atoms with Gasteiger partial charge in [-0.15, -0.1) is 0 Å². The van der Waals surface area contributed by atoms with E-state index in [9.17, 15) is 0 Å². The van der Waals surface area contributed by atoms with Crippen molar-refractivity contribution in [2.75, 3.05) is 13.7 Å². The first kappa shape index (κ1) is 11.5. The molecule has 0 radical (unpaired) electrons. The second-order valence-electron chi connectivity index (χ2n) is 3.42. The molecule has 0 aliphatic rings. The van der Waals surface area contributed by atoms with Crippen LogP contribution in [0.1, 0.15) is 12.0 Å². The Labute approximate surface area is 90.7 Å². The highest BCUT2D eigenvalue weighted by molar-refractivity contribution is 5.27. The minimum atomic E-state index is -0.130. The lowest BCUT2D eigenvalue weighted by Gasteiger charge is -2.09. The van der Waals surface area contributed by atoms with Crippen molar-refractivity contribution >= 4 is 0 Å². The number of nitrogens with one attached hydrogen (secondary N) is 1. The van der Waals surface area contributed by atoms with Crippen molar-refractivity contribution in [2.24, 2.45) is 0 Å². The molecule has 0 fully saturated rings. The number of benzene rings is 1. The lowest BCUT2D eigenvalue weighted by atomic mass is 10.2. The first-order chi connectivity index (χ1) is 7.26. The number of nitrogens with zero attached hydrogens (tertiary/aromatic N) is 1. The Balaban J connectivity index is 2.35. The van der Waals surface area contributed by atoms with E-state index >= 15 is 0 Å². The van der Waals surface area contributed by atoms with Gasteiger partial charge >= 0.3 is 0 Å². The molecular formula is C12H16N2O. The van der Waals surface area contributed by atoms with Gasteiger partial charge in [0.1, 0.15) is 5.75 Å². The number of hydrogen-bond acceptors (Lipinski definition) is 3. The van der Waals surface area contributed by atoms with Gasteiger partial charge < -0.3 is 10.1 Å². The Morgan fingerprint density at radius 1 is 1.53 bits per heavy atom. The van der Waals surface area contributed by atoms with Crippen LogP contribution in [0.3, 0.4) is 0 Å². The van der Waals surface area contributed by atoms with E-state index in [2.05, 4.69) is 11.4 Å². The average Bonchev–Trinajstić information content (AvgIpc) is 2.25. The molecule has 3 nitrogen and oxygen atoms in total. The summed E-state index contributed by atoms with van der Waals surface area (Å²) in [4.78, 5) is 0. The highest BCUT2D eigenvalue weighted by Crippen LogP contribution is 2.12. The van der Waals surface area contributed by atoms with Crippen LogP contribution in [0.5, 0.6) is 5.75 Å². The highest BCUT2D eigenvalue weighted by Gasteiger charge is 2.03. The van der Waals surface area contributed by atoms with Crippen LogP contribution in [0.2, 0.25) is 0 Å². The second kappa shape index (κ2) is 6.05. The molecule has 1 N–H and O–H groups in total. The van der Waals surface area contributed by atoms with Gasteiger partial charge in [-0.05, 0) is 31.7 Å². The van der Waals surface area contributed by atoms with E-state index in [1.165, 1.54) is 5.56 Å². The van der Waals surface area contributed by atoms with Crippen LogP contribution in [0.25, 0.3) is 0 Å². The molecule has 0 aliphatic heterocycles. The Morgan fingerprint density at radius 2 is 2.33 bits per heavy atom. The fourth-order valence-corrected chi connectivity index (χ4v) is 1.27. The van der Waals surface area contributed by atoms with Gasteiger partial charge in [-0.25, -0.2) is 0 Å². The van der Waals surface area contributed by atoms with Crippen LogP contribution >= 0.6 is 0 Å². The number of hydrogen-bond donors (Lipinski definition) is 1. The lowest BCUT2D eigenvalue weighted by Crippen LogP contribution is -2.25. The largest absolute Gasteiger partial charge is 0.493 e. The molecule has 1 aromatic rings. The molecule has 0 heterocycles. The molecule has 0 amide bonds. The molecular weight excluding hydrogens is 188 g/mol. The van der Waals surface area contributed by atoms with Crippen molar-refractivity contribution < 1.29 is 4.74 Å². The smallest absolute Gasteiger partial charge is 0.119 e. The van der Waals surface area contributed by atoms with Crippen LogP contribution in [0.15, 0.2) is 24.3 Å². The first-order valence-electron chi connectivity index (χ1n) is 5.02. The first-order valence-corrected chi connectivity index (χ1v) is 5.02. The van der Waals surface area contributed by atoms with E-state index in [1.54, 1.807) is 7.05 Å². The number of rotatable bonds is 5. The van der Waals surface area contributed by atoms with E-state index < -0.39 is 0 Å². The summed E-state index contributed by atoms with van der Waals surface area (Å²) >= 11 is 0. The molecule has 0 spiro atoms. The van der Waals surface area contributed by atoms with Gasteiger partial charge in [-0.1, -0.05) is 12.1 Å². The zero-order valence-electron chi connectivity index (χ0n) is 9.16. The number of nitriles is 1. The minimum Gasteiger partial charge on any atom is -0.493 e. The van der Waals surface area contributed by atoms with Crippen molar-refractivity contribution in [2.45, 2.75) is 19.4 Å². The average molecular weight is 204 g/mol. The van der Waals surface area contributed by atoms with Crippen molar-refractivity contribution in [3.05, 3.63) is 29.8 Å². The fourth-order valence-electron chi connectivity index (χ4n) is 1.27. The lowest BCUT2D eigenvalue weighted by molar-refractivity contribution is 0.300. The third kappa shape index (κ3) is 4.01. The number of aryl methyl sites for hydroxylation is 1. The SMILES string of the molecule is CNC(C#N)CCOc1cccc(C)c1. The van der Waals surface area contributed by atoms with E-state index in [4.69, 9.17) is 10.00 Å². The van der Waals surface area contributed by atoms with E-state index in [0.29, 0.717) is 13.0 Å². The molecule has 1 atom stereocenters. The van der Waals surface area contributed by atoms with Crippen LogP contribution in [-0.4, -0.2) is 19.7 Å². The molecule has 0 aromatic heterocycles. The topological polar surface area (TPSA) is 45.0 Å². The van der Waals surface area contributed by atoms with Gasteiger partial charge in [-0.2, -0.15) is 5.26 Å². The summed E-state index contributed by atoms with van der Waals surface area (Å²) < 4.78 is 5.53. The third-order valence-corrected chi connectivity index (χ3v) is 2.17. The van der Waals surface area contributed by atoms with E-state index in [-0.39, 0.29) is 6.04 Å². The van der Waals surface area contributed by atoms with Crippen LogP contribution < -0.4 is 10.1 Å². The van der Waals surface area contributed by atoms with Gasteiger partial charge in [-0.3, -0.25) is 0 Å². The molecule has 1 unspecified atom stereocenters. The summed E-state index contributed by atoms with van der Waals surface area (Å²) in [5.41, 5.74) is 1.18. The Hall–Kier alpha value is -1.53. The monoisotopic (exact) mass is 204 g/mol. The predicted octanol–water partition coefficient (Wildman–Crippen LogP) is 1.88. The Morgan fingerprint density at radius 3 is 2.93 bits per heavy atom. The van der Waals surface area contributed by atoms with Crippen molar-refractivity contribution in [1.29, 1.82) is 5.26 Å². The van der Waals surface area contributed by atoms with Crippen molar-refractivity contribution in [3.8, 4) is 11.8 Å². The molecule has 3 heteroatoms. The third-order valence-electron chi connectivity index (χ3n) is 2.17. The van der Waals surface area contributed by atoms with Crippen molar-refractivity contribution in [3.63, 3.8) is 0 Å². The zero-order valence-corrected chi connectivity index (χ0v) is 9.16. The number of ether oxygens (including phenoxy) is 1. The quantitative estimate of drug-likeness (QED) is 0.796. The summed E-state index contributed by atoms with van der Waals surface area (Å²) in [5.74, 6) is 0.864. The van der Waals surface area contributed by atoms with Gasteiger partial charge in [0.15, 0.2) is 0 Å². The Bertz CT molecular complexity index is 344. The molecule has 1 rings (SSSR count). The van der Waals surface area contributed by atoms with Gasteiger partial charge in [0.05, 0.1) is 18.7 Å². The molecule has 0 saturated carbocycles. The maximum Gasteiger partial charge on any atom is 0.119 e. The zero-order chi connectivity index (χ0) is 11.1.